The van der Waals surface area contributed by atoms with E-state index in [0.717, 1.165) is 19.4 Å². The first-order valence-electron chi connectivity index (χ1n) is 6.75. The average molecular weight is 284 g/mol. The van der Waals surface area contributed by atoms with E-state index in [1.807, 2.05) is 0 Å². The fraction of sp³-hybridized carbons (Fsp3) is 0.462. The number of rotatable bonds is 4. The Labute approximate surface area is 116 Å². The van der Waals surface area contributed by atoms with Crippen molar-refractivity contribution in [3.8, 4) is 5.75 Å². The molecule has 0 radical (unpaired) electrons. The van der Waals surface area contributed by atoms with Crippen molar-refractivity contribution in [2.75, 3.05) is 13.1 Å². The van der Waals surface area contributed by atoms with E-state index >= 15 is 0 Å². The molecule has 5 nitrogen and oxygen atoms in total. The van der Waals surface area contributed by atoms with Gasteiger partial charge in [-0.2, -0.15) is 0 Å². The number of benzene rings is 1. The van der Waals surface area contributed by atoms with Crippen LogP contribution in [0.25, 0.3) is 0 Å². The van der Waals surface area contributed by atoms with Crippen LogP contribution in [0.3, 0.4) is 0 Å². The molecule has 0 bridgehead atoms. The first-order chi connectivity index (χ1) is 9.74. The van der Waals surface area contributed by atoms with Crippen molar-refractivity contribution in [2.24, 2.45) is 0 Å². The SMILES string of the molecule is [3H]O[C@@H]1CCCNC[C@H]1NC(=O)c1ccc(OP)cc1. The molecule has 19 heavy (non-hydrogen) atoms. The topological polar surface area (TPSA) is 70.6 Å². The van der Waals surface area contributed by atoms with Crippen LogP contribution >= 0.6 is 9.47 Å². The summed E-state index contributed by atoms with van der Waals surface area (Å²) in [6.07, 6.45) is 1.43. The van der Waals surface area contributed by atoms with Crippen LogP contribution in [-0.4, -0.2) is 37.7 Å². The second-order valence-electron chi connectivity index (χ2n) is 4.61. The predicted octanol–water partition coefficient (Wildman–Crippen LogP) is 0.698. The molecule has 0 aliphatic carbocycles. The third-order valence-electron chi connectivity index (χ3n) is 3.22. The molecule has 1 fully saturated rings. The second-order valence-corrected chi connectivity index (χ2v) is 4.84. The summed E-state index contributed by atoms with van der Waals surface area (Å²) in [4.78, 5) is 12.2. The number of aliphatic hydroxyl groups excluding tert-OH is 1. The molecule has 1 heterocycles. The molecule has 6 heteroatoms. The third kappa shape index (κ3) is 3.90. The fourth-order valence-electron chi connectivity index (χ4n) is 2.10. The van der Waals surface area contributed by atoms with Gasteiger partial charge >= 0.3 is 0 Å². The maximum Gasteiger partial charge on any atom is 0.251 e. The zero-order valence-electron chi connectivity index (χ0n) is 11.6. The molecule has 3 atom stereocenters. The van der Waals surface area contributed by atoms with Gasteiger partial charge in [0.25, 0.3) is 5.91 Å². The summed E-state index contributed by atoms with van der Waals surface area (Å²) in [5.41, 5.74) is 0.559. The number of carbonyl (C=O) groups excluding carboxylic acids is 1. The summed E-state index contributed by atoms with van der Waals surface area (Å²) >= 11 is 0. The van der Waals surface area contributed by atoms with Crippen molar-refractivity contribution < 1.29 is 14.4 Å². The van der Waals surface area contributed by atoms with E-state index in [1.165, 1.54) is 0 Å². The van der Waals surface area contributed by atoms with Gasteiger partial charge in [0, 0.05) is 12.1 Å². The monoisotopic (exact) mass is 284 g/mol. The summed E-state index contributed by atoms with van der Waals surface area (Å²) in [6, 6.07) is 6.67. The quantitative estimate of drug-likeness (QED) is 0.712. The summed E-state index contributed by atoms with van der Waals surface area (Å²) < 4.78 is 12.1. The minimum Gasteiger partial charge on any atom is -0.480 e. The molecule has 1 amide bonds. The Bertz CT molecular complexity index is 444. The van der Waals surface area contributed by atoms with Crippen LogP contribution in [0, 0.1) is 0 Å². The maximum absolute atomic E-state index is 12.2. The number of carbonyl (C=O) groups is 1. The van der Waals surface area contributed by atoms with Crippen molar-refractivity contribution in [3.05, 3.63) is 29.8 Å². The molecule has 104 valence electrons. The van der Waals surface area contributed by atoms with E-state index < -0.39 is 0 Å². The van der Waals surface area contributed by atoms with Crippen LogP contribution in [0.1, 0.15) is 23.2 Å². The molecule has 0 saturated carbocycles. The van der Waals surface area contributed by atoms with Gasteiger partial charge in [-0.05, 0) is 43.7 Å². The van der Waals surface area contributed by atoms with Gasteiger partial charge < -0.3 is 20.3 Å². The number of amides is 1. The maximum atomic E-state index is 12.2. The molecule has 1 aliphatic rings. The van der Waals surface area contributed by atoms with Crippen LogP contribution in [0.15, 0.2) is 24.3 Å². The lowest BCUT2D eigenvalue weighted by Crippen LogP contribution is -2.47. The van der Waals surface area contributed by atoms with Crippen molar-refractivity contribution in [1.29, 1.82) is 1.43 Å². The smallest absolute Gasteiger partial charge is 0.251 e. The highest BCUT2D eigenvalue weighted by atomic mass is 31.0. The fourth-order valence-corrected chi connectivity index (χ4v) is 2.26. The molecule has 3 N–H and O–H groups in total. The Balaban J connectivity index is 2.00. The van der Waals surface area contributed by atoms with Gasteiger partial charge in [0.1, 0.15) is 5.75 Å². The van der Waals surface area contributed by atoms with Crippen LogP contribution in [0.2, 0.25) is 0 Å². The van der Waals surface area contributed by atoms with Crippen LogP contribution in [0.5, 0.6) is 5.75 Å². The number of hydrogen-bond acceptors (Lipinski definition) is 4. The van der Waals surface area contributed by atoms with E-state index in [2.05, 4.69) is 20.1 Å². The summed E-state index contributed by atoms with van der Waals surface area (Å²) in [7, 11) is 2.16. The minimum absolute atomic E-state index is 0.170. The first-order valence-corrected chi connectivity index (χ1v) is 6.82. The molecule has 0 spiro atoms. The molecule has 1 aromatic carbocycles. The number of aliphatic hydroxyl groups is 1. The standard InChI is InChI=1S/C13H19N2O3P/c16-12-2-1-7-14-8-11(12)15-13(17)9-3-5-10(18-19)6-4-9/h3-6,11-12,14,16H,1-2,7-8,19H2,(H,15,17)/t11-,12-/m1/s1/i16T. The molecule has 2 rings (SSSR count). The highest BCUT2D eigenvalue weighted by molar-refractivity contribution is 7.10. The second kappa shape index (κ2) is 6.85. The minimum atomic E-state index is -0.274. The molecular weight excluding hydrogens is 263 g/mol. The van der Waals surface area contributed by atoms with Gasteiger partial charge in [-0.15, -0.1) is 0 Å². The van der Waals surface area contributed by atoms with Gasteiger partial charge in [-0.1, -0.05) is 0 Å². The molecule has 1 unspecified atom stereocenters. The third-order valence-corrected chi connectivity index (χ3v) is 3.50. The Morgan fingerprint density at radius 3 is 3.00 bits per heavy atom. The van der Waals surface area contributed by atoms with Gasteiger partial charge in [-0.3, -0.25) is 4.79 Å². The van der Waals surface area contributed by atoms with E-state index in [0.29, 0.717) is 17.9 Å². The summed E-state index contributed by atoms with van der Waals surface area (Å²) in [5.74, 6) is 0.506. The van der Waals surface area contributed by atoms with E-state index in [4.69, 9.17) is 11.1 Å². The Hall–Kier alpha value is -1.16. The molecule has 1 aromatic rings. The van der Waals surface area contributed by atoms with Gasteiger partial charge in [-0.25, -0.2) is 0 Å². The van der Waals surface area contributed by atoms with Crippen LogP contribution in [0.4, 0.5) is 0 Å². The molecule has 0 aromatic heterocycles. The van der Waals surface area contributed by atoms with Crippen LogP contribution in [-0.2, 0) is 0 Å². The lowest BCUT2D eigenvalue weighted by Gasteiger charge is -2.21. The van der Waals surface area contributed by atoms with Gasteiger partial charge in [0.05, 0.1) is 21.6 Å². The molecular formula is C13H19N2O3P. The van der Waals surface area contributed by atoms with Crippen molar-refractivity contribution >= 4 is 15.4 Å². The van der Waals surface area contributed by atoms with E-state index in [9.17, 15) is 4.79 Å². The summed E-state index contributed by atoms with van der Waals surface area (Å²) in [6.45, 7) is 1.49. The van der Waals surface area contributed by atoms with Gasteiger partial charge in [0.15, 0.2) is 0 Å². The lowest BCUT2D eigenvalue weighted by molar-refractivity contribution is 0.0833. The number of nitrogens with one attached hydrogen (secondary N) is 2. The number of hydrogen-bond donors (Lipinski definition) is 3. The Kier molecular flexibility index (Phi) is 4.63. The van der Waals surface area contributed by atoms with E-state index in [-0.39, 0.29) is 18.1 Å². The zero-order chi connectivity index (χ0) is 14.4. The average Bonchev–Trinajstić information content (AvgIpc) is 2.72. The van der Waals surface area contributed by atoms with Crippen molar-refractivity contribution in [3.63, 3.8) is 0 Å². The van der Waals surface area contributed by atoms with Gasteiger partial charge in [0.2, 0.25) is 1.43 Å². The van der Waals surface area contributed by atoms with Crippen molar-refractivity contribution in [2.45, 2.75) is 25.0 Å². The Morgan fingerprint density at radius 1 is 1.53 bits per heavy atom. The lowest BCUT2D eigenvalue weighted by atomic mass is 10.1. The first kappa shape index (κ1) is 12.9. The van der Waals surface area contributed by atoms with E-state index in [1.54, 1.807) is 24.3 Å². The zero-order valence-corrected chi connectivity index (χ0v) is 11.7. The van der Waals surface area contributed by atoms with Crippen LogP contribution < -0.4 is 15.2 Å². The molecule has 1 aliphatic heterocycles. The normalized spacial score (nSPS) is 24.2. The summed E-state index contributed by atoms with van der Waals surface area (Å²) in [5, 5.41) is 10.9. The molecule has 1 saturated heterocycles. The highest BCUT2D eigenvalue weighted by Crippen LogP contribution is 2.14. The highest BCUT2D eigenvalue weighted by Gasteiger charge is 2.23. The Morgan fingerprint density at radius 2 is 2.32 bits per heavy atom. The van der Waals surface area contributed by atoms with Crippen molar-refractivity contribution in [1.82, 2.24) is 10.6 Å². The predicted molar refractivity (Wildman–Crippen MR) is 76.1 cm³/mol. The largest absolute Gasteiger partial charge is 0.480 e.